The largest absolute Gasteiger partial charge is 0.338 e. The van der Waals surface area contributed by atoms with Gasteiger partial charge in [-0.3, -0.25) is 15.0 Å². The van der Waals surface area contributed by atoms with Crippen LogP contribution in [0.25, 0.3) is 10.2 Å². The maximum atomic E-state index is 11.8. The van der Waals surface area contributed by atoms with Crippen molar-refractivity contribution in [3.63, 3.8) is 0 Å². The normalized spacial score (nSPS) is 16.2. The van der Waals surface area contributed by atoms with Crippen LogP contribution in [0.4, 0.5) is 4.79 Å². The van der Waals surface area contributed by atoms with Crippen molar-refractivity contribution >= 4 is 33.5 Å². The second-order valence-electron chi connectivity index (χ2n) is 5.98. The second kappa shape index (κ2) is 7.72. The predicted molar refractivity (Wildman–Crippen MR) is 95.3 cm³/mol. The molecule has 0 unspecified atom stereocenters. The predicted octanol–water partition coefficient (Wildman–Crippen LogP) is 2.32. The first kappa shape index (κ1) is 16.9. The lowest BCUT2D eigenvalue weighted by atomic mass is 9.97. The zero-order valence-electron chi connectivity index (χ0n) is 13.7. The molecule has 0 radical (unpaired) electrons. The van der Waals surface area contributed by atoms with Gasteiger partial charge in [-0.15, -0.1) is 11.3 Å². The Morgan fingerprint density at radius 3 is 2.75 bits per heavy atom. The smallest absolute Gasteiger partial charge is 0.321 e. The number of nitrogens with one attached hydrogen (secondary N) is 2. The van der Waals surface area contributed by atoms with Gasteiger partial charge in [-0.25, -0.2) is 9.78 Å². The molecular weight excluding hydrogens is 324 g/mol. The number of benzene rings is 1. The number of likely N-dealkylation sites (tertiary alicyclic amines) is 1. The molecule has 0 aliphatic carbocycles. The monoisotopic (exact) mass is 346 g/mol. The first-order chi connectivity index (χ1) is 11.7. The fraction of sp³-hybridized carbons (Fsp3) is 0.471. The third kappa shape index (κ3) is 4.10. The summed E-state index contributed by atoms with van der Waals surface area (Å²) in [5, 5.41) is 6.10. The zero-order valence-corrected chi connectivity index (χ0v) is 14.6. The maximum Gasteiger partial charge on any atom is 0.321 e. The van der Waals surface area contributed by atoms with E-state index in [0.717, 1.165) is 31.4 Å². The molecule has 2 N–H and O–H groups in total. The average molecular weight is 346 g/mol. The summed E-state index contributed by atoms with van der Waals surface area (Å²) >= 11 is 1.77. The number of nitrogens with zero attached hydrogens (tertiary/aromatic N) is 2. The Morgan fingerprint density at radius 1 is 1.29 bits per heavy atom. The summed E-state index contributed by atoms with van der Waals surface area (Å²) in [6, 6.07) is 7.79. The van der Waals surface area contributed by atoms with Gasteiger partial charge in [0.05, 0.1) is 21.8 Å². The molecule has 1 aliphatic heterocycles. The lowest BCUT2D eigenvalue weighted by Crippen LogP contribution is -2.46. The van der Waals surface area contributed by atoms with Crippen molar-refractivity contribution in [2.75, 3.05) is 26.2 Å². The highest BCUT2D eigenvalue weighted by molar-refractivity contribution is 7.18. The van der Waals surface area contributed by atoms with Crippen LogP contribution in [0.15, 0.2) is 24.3 Å². The molecule has 7 heteroatoms. The number of hydrogen-bond donors (Lipinski definition) is 2. The molecule has 1 aromatic carbocycles. The van der Waals surface area contributed by atoms with Crippen LogP contribution in [0.1, 0.15) is 30.7 Å². The van der Waals surface area contributed by atoms with Gasteiger partial charge in [0.25, 0.3) is 0 Å². The van der Waals surface area contributed by atoms with Crippen LogP contribution in [0.3, 0.4) is 0 Å². The van der Waals surface area contributed by atoms with Gasteiger partial charge in [-0.05, 0) is 45.0 Å². The van der Waals surface area contributed by atoms with Gasteiger partial charge >= 0.3 is 6.03 Å². The van der Waals surface area contributed by atoms with Crippen LogP contribution in [0.5, 0.6) is 0 Å². The van der Waals surface area contributed by atoms with Crippen molar-refractivity contribution in [3.8, 4) is 0 Å². The van der Waals surface area contributed by atoms with Gasteiger partial charge in [0.2, 0.25) is 5.91 Å². The van der Waals surface area contributed by atoms with E-state index in [4.69, 9.17) is 4.98 Å². The fourth-order valence-corrected chi connectivity index (χ4v) is 4.11. The SMILES string of the molecule is CCNC(=O)NC(=O)CN1CCC(c2nc3ccccc3s2)CC1. The number of carbonyl (C=O) groups is 2. The van der Waals surface area contributed by atoms with E-state index in [0.29, 0.717) is 12.5 Å². The number of fused-ring (bicyclic) bond motifs is 1. The summed E-state index contributed by atoms with van der Waals surface area (Å²) in [6.45, 7) is 4.29. The van der Waals surface area contributed by atoms with E-state index >= 15 is 0 Å². The summed E-state index contributed by atoms with van der Waals surface area (Å²) in [5.74, 6) is 0.212. The topological polar surface area (TPSA) is 74.3 Å². The molecule has 128 valence electrons. The molecule has 0 spiro atoms. The first-order valence-electron chi connectivity index (χ1n) is 8.31. The Kier molecular flexibility index (Phi) is 5.42. The van der Waals surface area contributed by atoms with Crippen LogP contribution < -0.4 is 10.6 Å². The molecule has 1 saturated heterocycles. The van der Waals surface area contributed by atoms with Crippen molar-refractivity contribution in [2.24, 2.45) is 0 Å². The van der Waals surface area contributed by atoms with Gasteiger partial charge in [0.15, 0.2) is 0 Å². The third-order valence-corrected chi connectivity index (χ3v) is 5.40. The molecule has 24 heavy (non-hydrogen) atoms. The first-order valence-corrected chi connectivity index (χ1v) is 9.13. The highest BCUT2D eigenvalue weighted by Gasteiger charge is 2.24. The highest BCUT2D eigenvalue weighted by Crippen LogP contribution is 2.33. The number of rotatable bonds is 4. The Morgan fingerprint density at radius 2 is 2.04 bits per heavy atom. The minimum absolute atomic E-state index is 0.251. The van der Waals surface area contributed by atoms with E-state index in [-0.39, 0.29) is 12.5 Å². The number of amides is 3. The molecule has 2 aromatic rings. The minimum atomic E-state index is -0.424. The quantitative estimate of drug-likeness (QED) is 0.891. The van der Waals surface area contributed by atoms with Crippen molar-refractivity contribution in [3.05, 3.63) is 29.3 Å². The Balaban J connectivity index is 1.50. The molecule has 1 aliphatic rings. The van der Waals surface area contributed by atoms with Crippen molar-refractivity contribution in [2.45, 2.75) is 25.7 Å². The number of hydrogen-bond acceptors (Lipinski definition) is 5. The van der Waals surface area contributed by atoms with E-state index in [9.17, 15) is 9.59 Å². The van der Waals surface area contributed by atoms with E-state index in [1.807, 2.05) is 19.1 Å². The van der Waals surface area contributed by atoms with Gasteiger partial charge in [0.1, 0.15) is 0 Å². The number of para-hydroxylation sites is 1. The lowest BCUT2D eigenvalue weighted by molar-refractivity contribution is -0.121. The molecule has 3 amide bonds. The van der Waals surface area contributed by atoms with Crippen molar-refractivity contribution in [1.29, 1.82) is 0 Å². The molecular formula is C17H22N4O2S. The number of imide groups is 1. The van der Waals surface area contributed by atoms with E-state index in [1.54, 1.807) is 11.3 Å². The van der Waals surface area contributed by atoms with Crippen LogP contribution >= 0.6 is 11.3 Å². The molecule has 6 nitrogen and oxygen atoms in total. The van der Waals surface area contributed by atoms with Crippen LogP contribution in [0, 0.1) is 0 Å². The lowest BCUT2D eigenvalue weighted by Gasteiger charge is -2.30. The summed E-state index contributed by atoms with van der Waals surface area (Å²) in [6.07, 6.45) is 1.99. The molecule has 1 aromatic heterocycles. The molecule has 2 heterocycles. The van der Waals surface area contributed by atoms with E-state index < -0.39 is 6.03 Å². The van der Waals surface area contributed by atoms with Gasteiger partial charge in [0, 0.05) is 12.5 Å². The second-order valence-corrected chi connectivity index (χ2v) is 7.04. The van der Waals surface area contributed by atoms with E-state index in [2.05, 4.69) is 27.7 Å². The zero-order chi connectivity index (χ0) is 16.9. The van der Waals surface area contributed by atoms with Crippen molar-refractivity contribution < 1.29 is 9.59 Å². The molecule has 0 atom stereocenters. The Hall–Kier alpha value is -1.99. The van der Waals surface area contributed by atoms with Gasteiger partial charge in [-0.2, -0.15) is 0 Å². The van der Waals surface area contributed by atoms with Crippen molar-refractivity contribution in [1.82, 2.24) is 20.5 Å². The number of aromatic nitrogens is 1. The van der Waals surface area contributed by atoms with Crippen LogP contribution in [-0.2, 0) is 4.79 Å². The molecule has 3 rings (SSSR count). The van der Waals surface area contributed by atoms with E-state index in [1.165, 1.54) is 9.71 Å². The standard InChI is InChI=1S/C17H22N4O2S/c1-2-18-17(23)20-15(22)11-21-9-7-12(8-10-21)16-19-13-5-3-4-6-14(13)24-16/h3-6,12H,2,7-11H2,1H3,(H2,18,20,22,23). The number of thiazole rings is 1. The van der Waals surface area contributed by atoms with Crippen LogP contribution in [0.2, 0.25) is 0 Å². The fourth-order valence-electron chi connectivity index (χ4n) is 2.98. The maximum absolute atomic E-state index is 11.8. The average Bonchev–Trinajstić information content (AvgIpc) is 2.99. The number of piperidine rings is 1. The third-order valence-electron chi connectivity index (χ3n) is 4.20. The molecule has 0 saturated carbocycles. The Bertz CT molecular complexity index is 689. The Labute approximate surface area is 145 Å². The minimum Gasteiger partial charge on any atom is -0.338 e. The van der Waals surface area contributed by atoms with Gasteiger partial charge in [-0.1, -0.05) is 12.1 Å². The van der Waals surface area contributed by atoms with Crippen LogP contribution in [-0.4, -0.2) is 48.0 Å². The summed E-state index contributed by atoms with van der Waals surface area (Å²) in [4.78, 5) is 30.0. The highest BCUT2D eigenvalue weighted by atomic mass is 32.1. The number of carbonyl (C=O) groups excluding carboxylic acids is 2. The molecule has 1 fully saturated rings. The summed E-state index contributed by atoms with van der Waals surface area (Å²) in [7, 11) is 0. The summed E-state index contributed by atoms with van der Waals surface area (Å²) < 4.78 is 1.23. The number of urea groups is 1. The van der Waals surface area contributed by atoms with Gasteiger partial charge < -0.3 is 5.32 Å². The summed E-state index contributed by atoms with van der Waals surface area (Å²) in [5.41, 5.74) is 1.07. The molecule has 0 bridgehead atoms.